The Morgan fingerprint density at radius 3 is 2.57 bits per heavy atom. The van der Waals surface area contributed by atoms with Crippen LogP contribution in [0.1, 0.15) is 37.2 Å². The summed E-state index contributed by atoms with van der Waals surface area (Å²) in [7, 11) is -2.53. The second kappa shape index (κ2) is 7.46. The van der Waals surface area contributed by atoms with Crippen molar-refractivity contribution in [1.82, 2.24) is 4.31 Å². The molecule has 0 amide bonds. The number of sulfonamides is 1. The molecule has 1 aromatic rings. The summed E-state index contributed by atoms with van der Waals surface area (Å²) >= 11 is 0. The Hall–Kier alpha value is -1.38. The number of nitrogens with zero attached hydrogens (tertiary/aromatic N) is 1. The van der Waals surface area contributed by atoms with Gasteiger partial charge in [-0.15, -0.1) is 0 Å². The fraction of sp³-hybridized carbons (Fsp3) is 0.667. The standard InChI is InChI=1S/C15H23NO6S/c1-11(2)10-21-12-6-8-16(9-7-12)23(18,19)14-5-4-13(22-14)15(17)20-3/h4-5,11-12H,6-10H2,1-3H3. The lowest BCUT2D eigenvalue weighted by molar-refractivity contribution is 0.00733. The Labute approximate surface area is 136 Å². The van der Waals surface area contributed by atoms with Gasteiger partial charge in [0.2, 0.25) is 10.9 Å². The lowest BCUT2D eigenvalue weighted by Crippen LogP contribution is -2.41. The predicted octanol–water partition coefficient (Wildman–Crippen LogP) is 1.89. The highest BCUT2D eigenvalue weighted by atomic mass is 32.2. The Bertz CT molecular complexity index is 628. The fourth-order valence-electron chi connectivity index (χ4n) is 2.36. The van der Waals surface area contributed by atoms with Gasteiger partial charge in [0, 0.05) is 19.7 Å². The molecule has 0 aromatic carbocycles. The van der Waals surface area contributed by atoms with Crippen molar-refractivity contribution in [3.8, 4) is 0 Å². The largest absolute Gasteiger partial charge is 0.463 e. The summed E-state index contributed by atoms with van der Waals surface area (Å²) in [6, 6.07) is 2.58. The molecule has 0 radical (unpaired) electrons. The number of rotatable bonds is 6. The van der Waals surface area contributed by atoms with Gasteiger partial charge in [-0.3, -0.25) is 0 Å². The molecule has 0 N–H and O–H groups in total. The number of methoxy groups -OCH3 is 1. The predicted molar refractivity (Wildman–Crippen MR) is 82.6 cm³/mol. The number of carbonyl (C=O) groups excluding carboxylic acids is 1. The van der Waals surface area contributed by atoms with Crippen molar-refractivity contribution in [3.05, 3.63) is 17.9 Å². The first kappa shape index (κ1) is 18.0. The van der Waals surface area contributed by atoms with E-state index >= 15 is 0 Å². The van der Waals surface area contributed by atoms with E-state index in [4.69, 9.17) is 9.15 Å². The molecule has 0 atom stereocenters. The molecule has 2 heterocycles. The van der Waals surface area contributed by atoms with Crippen molar-refractivity contribution in [2.45, 2.75) is 37.9 Å². The van der Waals surface area contributed by atoms with Gasteiger partial charge in [0.25, 0.3) is 10.0 Å². The van der Waals surface area contributed by atoms with Gasteiger partial charge >= 0.3 is 5.97 Å². The molecule has 0 spiro atoms. The molecule has 8 heteroatoms. The van der Waals surface area contributed by atoms with Crippen LogP contribution < -0.4 is 0 Å². The van der Waals surface area contributed by atoms with Crippen LogP contribution in [0.15, 0.2) is 21.6 Å². The molecule has 1 aliphatic heterocycles. The van der Waals surface area contributed by atoms with E-state index in [2.05, 4.69) is 18.6 Å². The Balaban J connectivity index is 1.99. The average molecular weight is 345 g/mol. The van der Waals surface area contributed by atoms with Crippen molar-refractivity contribution >= 4 is 16.0 Å². The normalized spacial score (nSPS) is 17.6. The third kappa shape index (κ3) is 4.33. The molecule has 0 unspecified atom stereocenters. The highest BCUT2D eigenvalue weighted by Gasteiger charge is 2.32. The second-order valence-electron chi connectivity index (χ2n) is 5.94. The van der Waals surface area contributed by atoms with Gasteiger partial charge in [0.15, 0.2) is 0 Å². The number of carbonyl (C=O) groups is 1. The van der Waals surface area contributed by atoms with Crippen LogP contribution in [0, 0.1) is 5.92 Å². The quantitative estimate of drug-likeness (QED) is 0.732. The fourth-order valence-corrected chi connectivity index (χ4v) is 3.75. The van der Waals surface area contributed by atoms with Crippen molar-refractivity contribution in [1.29, 1.82) is 0 Å². The monoisotopic (exact) mass is 345 g/mol. The SMILES string of the molecule is COC(=O)c1ccc(S(=O)(=O)N2CCC(OCC(C)C)CC2)o1. The summed E-state index contributed by atoms with van der Waals surface area (Å²) in [4.78, 5) is 11.4. The van der Waals surface area contributed by atoms with E-state index in [0.717, 1.165) is 0 Å². The Kier molecular flexibility index (Phi) is 5.83. The van der Waals surface area contributed by atoms with E-state index in [1.165, 1.54) is 23.5 Å². The van der Waals surface area contributed by atoms with Gasteiger partial charge in [0.05, 0.1) is 13.2 Å². The lowest BCUT2D eigenvalue weighted by atomic mass is 10.1. The minimum absolute atomic E-state index is 0.0890. The van der Waals surface area contributed by atoms with Crippen LogP contribution >= 0.6 is 0 Å². The summed E-state index contributed by atoms with van der Waals surface area (Å²) in [5.74, 6) is -0.370. The van der Waals surface area contributed by atoms with Crippen LogP contribution in [0.25, 0.3) is 0 Å². The molecule has 1 fully saturated rings. The lowest BCUT2D eigenvalue weighted by Gasteiger charge is -2.30. The molecule has 0 aliphatic carbocycles. The Morgan fingerprint density at radius 2 is 2.00 bits per heavy atom. The molecule has 0 saturated carbocycles. The van der Waals surface area contributed by atoms with Crippen LogP contribution in [0.4, 0.5) is 0 Å². The van der Waals surface area contributed by atoms with E-state index in [1.54, 1.807) is 0 Å². The van der Waals surface area contributed by atoms with Gasteiger partial charge < -0.3 is 13.9 Å². The van der Waals surface area contributed by atoms with E-state index in [-0.39, 0.29) is 17.0 Å². The minimum atomic E-state index is -3.73. The van der Waals surface area contributed by atoms with Gasteiger partial charge in [-0.25, -0.2) is 13.2 Å². The topological polar surface area (TPSA) is 86.1 Å². The van der Waals surface area contributed by atoms with Crippen LogP contribution in [-0.2, 0) is 19.5 Å². The van der Waals surface area contributed by atoms with Gasteiger partial charge in [-0.05, 0) is 30.9 Å². The molecular formula is C15H23NO6S. The first-order chi connectivity index (χ1) is 10.8. The molecule has 1 aromatic heterocycles. The van der Waals surface area contributed by atoms with E-state index in [1.807, 2.05) is 0 Å². The molecule has 1 aliphatic rings. The third-order valence-electron chi connectivity index (χ3n) is 3.63. The minimum Gasteiger partial charge on any atom is -0.463 e. The van der Waals surface area contributed by atoms with Crippen molar-refractivity contribution in [2.75, 3.05) is 26.8 Å². The number of esters is 1. The van der Waals surface area contributed by atoms with Crippen LogP contribution in [0.2, 0.25) is 0 Å². The van der Waals surface area contributed by atoms with Crippen LogP contribution in [-0.4, -0.2) is 51.6 Å². The van der Waals surface area contributed by atoms with Crippen LogP contribution in [0.5, 0.6) is 0 Å². The second-order valence-corrected chi connectivity index (χ2v) is 7.81. The zero-order valence-electron chi connectivity index (χ0n) is 13.6. The molecule has 0 bridgehead atoms. The zero-order valence-corrected chi connectivity index (χ0v) is 14.5. The first-order valence-corrected chi connectivity index (χ1v) is 9.08. The third-order valence-corrected chi connectivity index (χ3v) is 5.40. The molecular weight excluding hydrogens is 322 g/mol. The molecule has 23 heavy (non-hydrogen) atoms. The number of hydrogen-bond acceptors (Lipinski definition) is 6. The van der Waals surface area contributed by atoms with Crippen molar-refractivity contribution in [3.63, 3.8) is 0 Å². The number of ether oxygens (including phenoxy) is 2. The molecule has 7 nitrogen and oxygen atoms in total. The van der Waals surface area contributed by atoms with E-state index in [0.29, 0.717) is 38.5 Å². The maximum absolute atomic E-state index is 12.5. The zero-order chi connectivity index (χ0) is 17.0. The average Bonchev–Trinajstić information content (AvgIpc) is 3.03. The van der Waals surface area contributed by atoms with Gasteiger partial charge in [-0.2, -0.15) is 4.31 Å². The van der Waals surface area contributed by atoms with Crippen molar-refractivity contribution in [2.24, 2.45) is 5.92 Å². The van der Waals surface area contributed by atoms with Crippen LogP contribution in [0.3, 0.4) is 0 Å². The smallest absolute Gasteiger partial charge is 0.374 e. The molecule has 2 rings (SSSR count). The van der Waals surface area contributed by atoms with Crippen molar-refractivity contribution < 1.29 is 27.1 Å². The van der Waals surface area contributed by atoms with Gasteiger partial charge in [0.1, 0.15) is 0 Å². The maximum atomic E-state index is 12.5. The molecule has 130 valence electrons. The highest BCUT2D eigenvalue weighted by Crippen LogP contribution is 2.24. The summed E-state index contributed by atoms with van der Waals surface area (Å²) in [6.45, 7) is 5.58. The van der Waals surface area contributed by atoms with Gasteiger partial charge in [-0.1, -0.05) is 13.8 Å². The number of furan rings is 1. The summed E-state index contributed by atoms with van der Waals surface area (Å²) in [6.07, 6.45) is 1.39. The summed E-state index contributed by atoms with van der Waals surface area (Å²) in [5, 5.41) is -0.237. The summed E-state index contributed by atoms with van der Waals surface area (Å²) < 4.78 is 41.8. The molecule has 1 saturated heterocycles. The van der Waals surface area contributed by atoms with E-state index in [9.17, 15) is 13.2 Å². The number of hydrogen-bond donors (Lipinski definition) is 0. The maximum Gasteiger partial charge on any atom is 0.374 e. The summed E-state index contributed by atoms with van der Waals surface area (Å²) in [5.41, 5.74) is 0. The highest BCUT2D eigenvalue weighted by molar-refractivity contribution is 7.89. The number of piperidine rings is 1. The first-order valence-electron chi connectivity index (χ1n) is 7.64. The van der Waals surface area contributed by atoms with E-state index < -0.39 is 16.0 Å². The Morgan fingerprint density at radius 1 is 1.35 bits per heavy atom.